The highest BCUT2D eigenvalue weighted by molar-refractivity contribution is 14.0. The molecule has 2 atom stereocenters. The molecule has 3 saturated heterocycles. The van der Waals surface area contributed by atoms with Gasteiger partial charge in [-0.05, 0) is 70.2 Å². The first-order valence-electron chi connectivity index (χ1n) is 12.0. The van der Waals surface area contributed by atoms with Crippen LogP contribution >= 0.6 is 24.0 Å². The van der Waals surface area contributed by atoms with Gasteiger partial charge in [-0.15, -0.1) is 24.0 Å². The summed E-state index contributed by atoms with van der Waals surface area (Å²) in [6, 6.07) is 7.22. The third kappa shape index (κ3) is 6.26. The van der Waals surface area contributed by atoms with Crippen molar-refractivity contribution >= 4 is 35.6 Å². The molecule has 0 aromatic heterocycles. The molecule has 2 unspecified atom stereocenters. The van der Waals surface area contributed by atoms with Crippen molar-refractivity contribution in [3.63, 3.8) is 0 Å². The molecule has 4 rings (SSSR count). The van der Waals surface area contributed by atoms with Crippen molar-refractivity contribution in [2.24, 2.45) is 4.99 Å². The summed E-state index contributed by atoms with van der Waals surface area (Å²) in [5.74, 6) is 0.620. The number of hydrogen-bond donors (Lipinski definition) is 3. The molecule has 180 valence electrons. The molecule has 0 amide bonds. The number of aliphatic hydroxyl groups is 1. The minimum Gasteiger partial charge on any atom is -0.393 e. The number of piperidine rings is 3. The Bertz CT molecular complexity index is 757. The van der Waals surface area contributed by atoms with Gasteiger partial charge in [-0.1, -0.05) is 12.5 Å². The molecule has 2 bridgehead atoms. The lowest BCUT2D eigenvalue weighted by molar-refractivity contribution is 0.0526. The van der Waals surface area contributed by atoms with E-state index < -0.39 is 0 Å². The van der Waals surface area contributed by atoms with Crippen molar-refractivity contribution < 1.29 is 9.50 Å². The van der Waals surface area contributed by atoms with Crippen molar-refractivity contribution in [3.05, 3.63) is 29.6 Å². The lowest BCUT2D eigenvalue weighted by atomic mass is 9.82. The lowest BCUT2D eigenvalue weighted by Crippen LogP contribution is -2.56. The Morgan fingerprint density at radius 2 is 1.84 bits per heavy atom. The summed E-state index contributed by atoms with van der Waals surface area (Å²) in [5, 5.41) is 16.7. The van der Waals surface area contributed by atoms with Crippen LogP contribution in [-0.2, 0) is 6.54 Å². The molecular weight excluding hydrogens is 520 g/mol. The molecule has 3 heterocycles. The molecule has 3 N–H and O–H groups in total. The van der Waals surface area contributed by atoms with E-state index in [2.05, 4.69) is 29.5 Å². The van der Waals surface area contributed by atoms with Crippen LogP contribution in [0, 0.1) is 5.82 Å². The Morgan fingerprint density at radius 1 is 1.16 bits per heavy atom. The Kier molecular flexibility index (Phi) is 9.43. The van der Waals surface area contributed by atoms with Gasteiger partial charge in [0.1, 0.15) is 5.82 Å². The molecule has 0 saturated carbocycles. The fraction of sp³-hybridized carbons (Fsp3) is 0.708. The monoisotopic (exact) mass is 559 g/mol. The van der Waals surface area contributed by atoms with Gasteiger partial charge in [0.2, 0.25) is 0 Å². The number of halogens is 2. The Labute approximate surface area is 209 Å². The first-order valence-corrected chi connectivity index (χ1v) is 12.0. The number of benzene rings is 1. The maximum atomic E-state index is 14.8. The number of aliphatic imine (C=N–C) groups is 1. The van der Waals surface area contributed by atoms with Crippen LogP contribution < -0.4 is 15.5 Å². The second kappa shape index (κ2) is 11.8. The van der Waals surface area contributed by atoms with E-state index >= 15 is 0 Å². The van der Waals surface area contributed by atoms with E-state index in [-0.39, 0.29) is 35.9 Å². The second-order valence-electron chi connectivity index (χ2n) is 9.42. The van der Waals surface area contributed by atoms with E-state index in [1.54, 1.807) is 6.07 Å². The first-order chi connectivity index (χ1) is 15.0. The van der Waals surface area contributed by atoms with E-state index in [9.17, 15) is 9.50 Å². The number of guanidine groups is 1. The van der Waals surface area contributed by atoms with Gasteiger partial charge in [-0.3, -0.25) is 0 Å². The maximum absolute atomic E-state index is 14.8. The molecule has 0 spiro atoms. The molecule has 6 nitrogen and oxygen atoms in total. The van der Waals surface area contributed by atoms with Crippen molar-refractivity contribution in [2.75, 3.05) is 31.6 Å². The van der Waals surface area contributed by atoms with Crippen LogP contribution in [0.2, 0.25) is 0 Å². The zero-order valence-corrected chi connectivity index (χ0v) is 21.7. The molecule has 8 heteroatoms. The van der Waals surface area contributed by atoms with E-state index in [1.807, 2.05) is 17.0 Å². The Balaban J connectivity index is 0.00000289. The minimum absolute atomic E-state index is 0. The average Bonchev–Trinajstić information content (AvgIpc) is 2.74. The predicted octanol–water partition coefficient (Wildman–Crippen LogP) is 3.48. The molecule has 0 radical (unpaired) electrons. The van der Waals surface area contributed by atoms with E-state index in [4.69, 9.17) is 4.99 Å². The van der Waals surface area contributed by atoms with Crippen LogP contribution in [0.25, 0.3) is 0 Å². The SMILES string of the molecule is CCNC(=NCc1ccc(N2CCC(O)CC2)c(F)c1)NC1CC2CCCC(C1)N2C.I. The Hall–Kier alpha value is -1.13. The van der Waals surface area contributed by atoms with E-state index in [0.29, 0.717) is 56.3 Å². The third-order valence-electron chi connectivity index (χ3n) is 7.26. The normalized spacial score (nSPS) is 27.1. The highest BCUT2D eigenvalue weighted by Gasteiger charge is 2.36. The summed E-state index contributed by atoms with van der Waals surface area (Å²) in [5.41, 5.74) is 1.50. The van der Waals surface area contributed by atoms with E-state index in [1.165, 1.54) is 19.3 Å². The van der Waals surface area contributed by atoms with Crippen molar-refractivity contribution in [3.8, 4) is 0 Å². The maximum Gasteiger partial charge on any atom is 0.191 e. The predicted molar refractivity (Wildman–Crippen MR) is 139 cm³/mol. The number of nitrogens with one attached hydrogen (secondary N) is 2. The number of rotatable bonds is 5. The summed E-state index contributed by atoms with van der Waals surface area (Å²) < 4.78 is 14.8. The quantitative estimate of drug-likeness (QED) is 0.293. The first kappa shape index (κ1) is 25.5. The number of aliphatic hydroxyl groups excluding tert-OH is 1. The van der Waals surface area contributed by atoms with Gasteiger partial charge in [0.25, 0.3) is 0 Å². The third-order valence-corrected chi connectivity index (χ3v) is 7.26. The van der Waals surface area contributed by atoms with Crippen LogP contribution in [0.15, 0.2) is 23.2 Å². The van der Waals surface area contributed by atoms with Crippen molar-refractivity contribution in [1.82, 2.24) is 15.5 Å². The van der Waals surface area contributed by atoms with Gasteiger partial charge in [0.15, 0.2) is 5.96 Å². The van der Waals surface area contributed by atoms with Crippen molar-refractivity contribution in [1.29, 1.82) is 0 Å². The fourth-order valence-corrected chi connectivity index (χ4v) is 5.43. The van der Waals surface area contributed by atoms with Gasteiger partial charge in [-0.2, -0.15) is 0 Å². The smallest absolute Gasteiger partial charge is 0.191 e. The molecule has 1 aromatic rings. The van der Waals surface area contributed by atoms with Gasteiger partial charge in [-0.25, -0.2) is 9.38 Å². The zero-order chi connectivity index (χ0) is 21.8. The highest BCUT2D eigenvalue weighted by Crippen LogP contribution is 2.32. The van der Waals surface area contributed by atoms with Crippen LogP contribution in [0.3, 0.4) is 0 Å². The molecule has 3 fully saturated rings. The average molecular weight is 560 g/mol. The lowest BCUT2D eigenvalue weighted by Gasteiger charge is -2.47. The van der Waals surface area contributed by atoms with Crippen LogP contribution in [0.4, 0.5) is 10.1 Å². The Morgan fingerprint density at radius 3 is 2.47 bits per heavy atom. The van der Waals surface area contributed by atoms with Gasteiger partial charge in [0.05, 0.1) is 18.3 Å². The summed E-state index contributed by atoms with van der Waals surface area (Å²) >= 11 is 0. The standard InChI is InChI=1S/C24H38FN5O.HI/c1-3-26-24(28-18-14-19-5-4-6-20(15-18)29(19)2)27-16-17-7-8-23(22(25)13-17)30-11-9-21(31)10-12-30;/h7-8,13,18-21,31H,3-6,9-12,14-16H2,1-2H3,(H2,26,27,28);1H. The number of anilines is 1. The highest BCUT2D eigenvalue weighted by atomic mass is 127. The largest absolute Gasteiger partial charge is 0.393 e. The van der Waals surface area contributed by atoms with Gasteiger partial charge < -0.3 is 25.5 Å². The number of fused-ring (bicyclic) bond motifs is 2. The second-order valence-corrected chi connectivity index (χ2v) is 9.42. The summed E-state index contributed by atoms with van der Waals surface area (Å²) in [6.45, 7) is 4.72. The minimum atomic E-state index is -0.256. The number of hydrogen-bond acceptors (Lipinski definition) is 4. The molecule has 32 heavy (non-hydrogen) atoms. The topological polar surface area (TPSA) is 63.1 Å². The van der Waals surface area contributed by atoms with Gasteiger partial charge in [0, 0.05) is 37.8 Å². The van der Waals surface area contributed by atoms with Crippen molar-refractivity contribution in [2.45, 2.75) is 82.6 Å². The molecular formula is C24H39FIN5O. The van der Waals surface area contributed by atoms with E-state index in [0.717, 1.165) is 30.9 Å². The molecule has 0 aliphatic carbocycles. The summed E-state index contributed by atoms with van der Waals surface area (Å²) in [7, 11) is 2.27. The van der Waals surface area contributed by atoms with Crippen LogP contribution in [0.1, 0.15) is 57.4 Å². The zero-order valence-electron chi connectivity index (χ0n) is 19.4. The molecule has 1 aromatic carbocycles. The van der Waals surface area contributed by atoms with Crippen LogP contribution in [0.5, 0.6) is 0 Å². The molecule has 3 aliphatic heterocycles. The van der Waals surface area contributed by atoms with Gasteiger partial charge >= 0.3 is 0 Å². The summed E-state index contributed by atoms with van der Waals surface area (Å²) in [4.78, 5) is 9.35. The summed E-state index contributed by atoms with van der Waals surface area (Å²) in [6.07, 6.45) is 7.38. The number of nitrogens with zero attached hydrogens (tertiary/aromatic N) is 3. The fourth-order valence-electron chi connectivity index (χ4n) is 5.43. The molecule has 3 aliphatic rings. The van der Waals surface area contributed by atoms with Crippen LogP contribution in [-0.4, -0.2) is 66.9 Å².